The van der Waals surface area contributed by atoms with Crippen LogP contribution in [0.5, 0.6) is 0 Å². The van der Waals surface area contributed by atoms with Gasteiger partial charge < -0.3 is 5.32 Å². The summed E-state index contributed by atoms with van der Waals surface area (Å²) in [6.07, 6.45) is 1.79. The smallest absolute Gasteiger partial charge is 0.264 e. The fraction of sp³-hybridized carbons (Fsp3) is 0.296. The highest BCUT2D eigenvalue weighted by molar-refractivity contribution is 7.92. The van der Waals surface area contributed by atoms with Gasteiger partial charge in [0, 0.05) is 6.54 Å². The highest BCUT2D eigenvalue weighted by Crippen LogP contribution is 2.25. The molecule has 3 aromatic carbocycles. The zero-order valence-electron chi connectivity index (χ0n) is 19.8. The van der Waals surface area contributed by atoms with E-state index in [0.29, 0.717) is 12.2 Å². The Morgan fingerprint density at radius 3 is 2.21 bits per heavy atom. The van der Waals surface area contributed by atoms with E-state index in [0.717, 1.165) is 29.5 Å². The van der Waals surface area contributed by atoms with Crippen molar-refractivity contribution in [3.8, 4) is 0 Å². The van der Waals surface area contributed by atoms with Gasteiger partial charge in [-0.2, -0.15) is 0 Å². The second-order valence-electron chi connectivity index (χ2n) is 8.25. The van der Waals surface area contributed by atoms with Gasteiger partial charge in [-0.1, -0.05) is 61.9 Å². The highest BCUT2D eigenvalue weighted by Gasteiger charge is 2.27. The molecule has 0 unspecified atom stereocenters. The molecular weight excluding hydrogens is 432 g/mol. The van der Waals surface area contributed by atoms with Gasteiger partial charge in [0.25, 0.3) is 10.0 Å². The topological polar surface area (TPSA) is 66.5 Å². The first-order valence-corrected chi connectivity index (χ1v) is 12.7. The first-order chi connectivity index (χ1) is 15.7. The first-order valence-electron chi connectivity index (χ1n) is 11.3. The van der Waals surface area contributed by atoms with Crippen LogP contribution in [-0.4, -0.2) is 20.9 Å². The van der Waals surface area contributed by atoms with Crippen molar-refractivity contribution in [1.82, 2.24) is 5.32 Å². The average molecular weight is 465 g/mol. The molecule has 3 aromatic rings. The summed E-state index contributed by atoms with van der Waals surface area (Å²) < 4.78 is 28.2. The number of carbonyl (C=O) groups is 1. The second-order valence-corrected chi connectivity index (χ2v) is 10.1. The van der Waals surface area contributed by atoms with Crippen LogP contribution in [0.15, 0.2) is 71.6 Å². The Balaban J connectivity index is 1.86. The van der Waals surface area contributed by atoms with Gasteiger partial charge in [0.2, 0.25) is 5.91 Å². The third-order valence-electron chi connectivity index (χ3n) is 5.72. The lowest BCUT2D eigenvalue weighted by atomic mass is 10.0. The van der Waals surface area contributed by atoms with Crippen molar-refractivity contribution in [1.29, 1.82) is 0 Å². The highest BCUT2D eigenvalue weighted by atomic mass is 32.2. The van der Waals surface area contributed by atoms with Gasteiger partial charge >= 0.3 is 0 Å². The fourth-order valence-corrected chi connectivity index (χ4v) is 5.14. The van der Waals surface area contributed by atoms with Crippen LogP contribution in [-0.2, 0) is 34.2 Å². The lowest BCUT2D eigenvalue weighted by Crippen LogP contribution is -2.40. The van der Waals surface area contributed by atoms with Gasteiger partial charge in [0.1, 0.15) is 6.54 Å². The van der Waals surface area contributed by atoms with Crippen LogP contribution in [0.3, 0.4) is 0 Å². The van der Waals surface area contributed by atoms with Crippen molar-refractivity contribution in [2.24, 2.45) is 0 Å². The molecule has 0 spiro atoms. The molecule has 0 aliphatic heterocycles. The first kappa shape index (κ1) is 24.5. The second kappa shape index (κ2) is 10.7. The number of nitrogens with zero attached hydrogens (tertiary/aromatic N) is 1. The van der Waals surface area contributed by atoms with Crippen molar-refractivity contribution < 1.29 is 13.2 Å². The van der Waals surface area contributed by atoms with E-state index >= 15 is 0 Å². The predicted octanol–water partition coefficient (Wildman–Crippen LogP) is 4.94. The molecule has 0 radical (unpaired) electrons. The molecule has 33 heavy (non-hydrogen) atoms. The van der Waals surface area contributed by atoms with Crippen LogP contribution in [0.4, 0.5) is 5.69 Å². The Bertz CT molecular complexity index is 1220. The molecule has 0 heterocycles. The van der Waals surface area contributed by atoms with Gasteiger partial charge in [-0.25, -0.2) is 8.42 Å². The van der Waals surface area contributed by atoms with Crippen LogP contribution in [0.25, 0.3) is 0 Å². The maximum absolute atomic E-state index is 13.5. The van der Waals surface area contributed by atoms with Gasteiger partial charge in [-0.15, -0.1) is 0 Å². The summed E-state index contributed by atoms with van der Waals surface area (Å²) in [5, 5.41) is 2.93. The van der Waals surface area contributed by atoms with Gasteiger partial charge in [0.15, 0.2) is 0 Å². The number of anilines is 1. The molecule has 0 saturated heterocycles. The Morgan fingerprint density at radius 2 is 1.58 bits per heavy atom. The fourth-order valence-electron chi connectivity index (χ4n) is 3.72. The number of aryl methyl sites for hydroxylation is 4. The van der Waals surface area contributed by atoms with Crippen LogP contribution in [0.2, 0.25) is 0 Å². The number of benzene rings is 3. The molecule has 0 saturated carbocycles. The minimum atomic E-state index is -3.92. The van der Waals surface area contributed by atoms with Gasteiger partial charge in [-0.05, 0) is 73.2 Å². The molecule has 0 atom stereocenters. The van der Waals surface area contributed by atoms with Crippen molar-refractivity contribution in [3.63, 3.8) is 0 Å². The summed E-state index contributed by atoms with van der Waals surface area (Å²) in [6.45, 7) is 8.04. The standard InChI is InChI=1S/C27H32N2O3S/c1-5-22-12-13-23(6-2)24(17-22)18-28-27(30)19-29(25-9-7-8-21(4)16-25)33(31,32)26-14-10-20(3)11-15-26/h7-17H,5-6,18-19H2,1-4H3,(H,28,30). The molecule has 3 rings (SSSR count). The SMILES string of the molecule is CCc1ccc(CC)c(CNC(=O)CN(c2cccc(C)c2)S(=O)(=O)c2ccc(C)cc2)c1. The summed E-state index contributed by atoms with van der Waals surface area (Å²) in [5.41, 5.74) is 5.80. The summed E-state index contributed by atoms with van der Waals surface area (Å²) in [5.74, 6) is -0.351. The Kier molecular flexibility index (Phi) is 7.92. The maximum atomic E-state index is 13.5. The molecule has 6 heteroatoms. The number of carbonyl (C=O) groups excluding carboxylic acids is 1. The lowest BCUT2D eigenvalue weighted by molar-refractivity contribution is -0.119. The Hall–Kier alpha value is -3.12. The van der Waals surface area contributed by atoms with Crippen LogP contribution >= 0.6 is 0 Å². The predicted molar refractivity (Wildman–Crippen MR) is 134 cm³/mol. The van der Waals surface area contributed by atoms with E-state index in [2.05, 4.69) is 37.4 Å². The van der Waals surface area contributed by atoms with Crippen molar-refractivity contribution >= 4 is 21.6 Å². The minimum Gasteiger partial charge on any atom is -0.350 e. The molecule has 1 amide bonds. The summed E-state index contributed by atoms with van der Waals surface area (Å²) in [7, 11) is -3.92. The van der Waals surface area contributed by atoms with E-state index in [1.54, 1.807) is 42.5 Å². The van der Waals surface area contributed by atoms with Crippen LogP contribution < -0.4 is 9.62 Å². The Labute approximate surface area is 197 Å². The monoisotopic (exact) mass is 464 g/mol. The van der Waals surface area contributed by atoms with E-state index in [-0.39, 0.29) is 17.3 Å². The molecular formula is C27H32N2O3S. The molecule has 5 nitrogen and oxygen atoms in total. The van der Waals surface area contributed by atoms with E-state index in [9.17, 15) is 13.2 Å². The minimum absolute atomic E-state index is 0.159. The zero-order valence-corrected chi connectivity index (χ0v) is 20.6. The molecule has 0 aliphatic rings. The van der Waals surface area contributed by atoms with E-state index in [1.807, 2.05) is 19.9 Å². The average Bonchev–Trinajstić information content (AvgIpc) is 2.81. The van der Waals surface area contributed by atoms with Crippen molar-refractivity contribution in [2.75, 3.05) is 10.8 Å². The molecule has 1 N–H and O–H groups in total. The normalized spacial score (nSPS) is 11.3. The van der Waals surface area contributed by atoms with E-state index in [1.165, 1.54) is 15.4 Å². The van der Waals surface area contributed by atoms with E-state index < -0.39 is 10.0 Å². The summed E-state index contributed by atoms with van der Waals surface area (Å²) in [6, 6.07) is 20.2. The molecule has 0 bridgehead atoms. The third-order valence-corrected chi connectivity index (χ3v) is 7.51. The number of rotatable bonds is 9. The van der Waals surface area contributed by atoms with Crippen molar-refractivity contribution in [2.45, 2.75) is 52.0 Å². The van der Waals surface area contributed by atoms with Gasteiger partial charge in [0.05, 0.1) is 10.6 Å². The quantitative estimate of drug-likeness (QED) is 0.488. The molecule has 174 valence electrons. The Morgan fingerprint density at radius 1 is 0.848 bits per heavy atom. The number of sulfonamides is 1. The largest absolute Gasteiger partial charge is 0.350 e. The number of hydrogen-bond donors (Lipinski definition) is 1. The third kappa shape index (κ3) is 6.02. The summed E-state index contributed by atoms with van der Waals surface area (Å²) >= 11 is 0. The lowest BCUT2D eigenvalue weighted by Gasteiger charge is -2.24. The number of hydrogen-bond acceptors (Lipinski definition) is 3. The van der Waals surface area contributed by atoms with Crippen LogP contribution in [0, 0.1) is 13.8 Å². The van der Waals surface area contributed by atoms with Gasteiger partial charge in [-0.3, -0.25) is 9.10 Å². The van der Waals surface area contributed by atoms with Crippen molar-refractivity contribution in [3.05, 3.63) is 94.5 Å². The number of nitrogens with one attached hydrogen (secondary N) is 1. The maximum Gasteiger partial charge on any atom is 0.264 e. The zero-order chi connectivity index (χ0) is 24.0. The molecule has 0 fully saturated rings. The summed E-state index contributed by atoms with van der Waals surface area (Å²) in [4.78, 5) is 13.1. The number of amides is 1. The molecule has 0 aromatic heterocycles. The molecule has 0 aliphatic carbocycles. The van der Waals surface area contributed by atoms with Crippen LogP contribution in [0.1, 0.15) is 41.7 Å². The van der Waals surface area contributed by atoms with E-state index in [4.69, 9.17) is 0 Å².